The molecule has 1 aliphatic rings. The maximum atomic E-state index is 13.1. The molecule has 1 N–H and O–H groups in total. The number of hydrogen-bond donors (Lipinski definition) is 1. The minimum Gasteiger partial charge on any atom is -0.484 e. The lowest BCUT2D eigenvalue weighted by molar-refractivity contribution is 0.246. The molecule has 0 bridgehead atoms. The van der Waals surface area contributed by atoms with Crippen LogP contribution in [-0.2, 0) is 13.2 Å². The Hall–Kier alpha value is -1.40. The van der Waals surface area contributed by atoms with Crippen LogP contribution in [0, 0.1) is 5.82 Å². The van der Waals surface area contributed by atoms with Crippen molar-refractivity contribution in [3.63, 3.8) is 0 Å². The lowest BCUT2D eigenvalue weighted by Gasteiger charge is -2.05. The number of aromatic nitrogens is 1. The summed E-state index contributed by atoms with van der Waals surface area (Å²) in [6, 6.07) is 6.79. The van der Waals surface area contributed by atoms with E-state index in [2.05, 4.69) is 26.4 Å². The average molecular weight is 341 g/mol. The van der Waals surface area contributed by atoms with Crippen molar-refractivity contribution in [3.05, 3.63) is 46.0 Å². The van der Waals surface area contributed by atoms with Crippen molar-refractivity contribution in [2.45, 2.75) is 32.0 Å². The van der Waals surface area contributed by atoms with Gasteiger partial charge in [0, 0.05) is 24.7 Å². The second kappa shape index (κ2) is 5.93. The summed E-state index contributed by atoms with van der Waals surface area (Å²) >= 11 is 3.31. The minimum atomic E-state index is -0.338. The van der Waals surface area contributed by atoms with Crippen molar-refractivity contribution in [1.29, 1.82) is 0 Å². The molecule has 1 heterocycles. The highest BCUT2D eigenvalue weighted by Crippen LogP contribution is 2.26. The average Bonchev–Trinajstić information content (AvgIpc) is 3.16. The zero-order chi connectivity index (χ0) is 13.9. The summed E-state index contributed by atoms with van der Waals surface area (Å²) in [6.07, 6.45) is 2.48. The summed E-state index contributed by atoms with van der Waals surface area (Å²) < 4.78 is 24.5. The van der Waals surface area contributed by atoms with Crippen molar-refractivity contribution in [2.75, 3.05) is 0 Å². The zero-order valence-corrected chi connectivity index (χ0v) is 12.3. The van der Waals surface area contributed by atoms with Gasteiger partial charge in [-0.25, -0.2) is 4.39 Å². The van der Waals surface area contributed by atoms with Gasteiger partial charge in [-0.1, -0.05) is 5.16 Å². The summed E-state index contributed by atoms with van der Waals surface area (Å²) in [5.41, 5.74) is 0.855. The van der Waals surface area contributed by atoms with Gasteiger partial charge >= 0.3 is 0 Å². The van der Waals surface area contributed by atoms with Crippen LogP contribution in [0.4, 0.5) is 4.39 Å². The summed E-state index contributed by atoms with van der Waals surface area (Å²) in [5, 5.41) is 7.32. The number of nitrogens with zero attached hydrogens (tertiary/aromatic N) is 1. The van der Waals surface area contributed by atoms with Gasteiger partial charge in [-0.05, 0) is 40.9 Å². The topological polar surface area (TPSA) is 47.3 Å². The van der Waals surface area contributed by atoms with Crippen LogP contribution in [0.1, 0.15) is 24.3 Å². The van der Waals surface area contributed by atoms with Crippen LogP contribution in [-0.4, -0.2) is 11.2 Å². The van der Waals surface area contributed by atoms with E-state index in [0.29, 0.717) is 28.6 Å². The van der Waals surface area contributed by atoms with Crippen molar-refractivity contribution >= 4 is 15.9 Å². The molecule has 106 valence electrons. The molecule has 0 radical (unpaired) electrons. The molecular weight excluding hydrogens is 327 g/mol. The van der Waals surface area contributed by atoms with Gasteiger partial charge in [-0.15, -0.1) is 0 Å². The molecular formula is C14H14BrFN2O2. The van der Waals surface area contributed by atoms with Crippen LogP contribution in [0.25, 0.3) is 0 Å². The molecule has 1 aromatic carbocycles. The Bertz CT molecular complexity index is 599. The number of rotatable bonds is 6. The first-order chi connectivity index (χ1) is 9.70. The van der Waals surface area contributed by atoms with Gasteiger partial charge < -0.3 is 14.6 Å². The van der Waals surface area contributed by atoms with Gasteiger partial charge in [-0.3, -0.25) is 0 Å². The summed E-state index contributed by atoms with van der Waals surface area (Å²) in [5.74, 6) is 0.725. The van der Waals surface area contributed by atoms with Crippen molar-refractivity contribution in [1.82, 2.24) is 10.5 Å². The normalized spacial score (nSPS) is 14.5. The van der Waals surface area contributed by atoms with Crippen LogP contribution in [0.5, 0.6) is 5.75 Å². The Labute approximate surface area is 124 Å². The predicted octanol–water partition coefficient (Wildman–Crippen LogP) is 3.41. The highest BCUT2D eigenvalue weighted by Gasteiger charge is 2.20. The van der Waals surface area contributed by atoms with Crippen molar-refractivity contribution in [3.8, 4) is 5.75 Å². The molecule has 2 aromatic rings. The summed E-state index contributed by atoms with van der Waals surface area (Å²) in [4.78, 5) is 0. The van der Waals surface area contributed by atoms with Gasteiger partial charge in [0.1, 0.15) is 18.2 Å². The lowest BCUT2D eigenvalue weighted by atomic mass is 10.3. The fraction of sp³-hybridized carbons (Fsp3) is 0.357. The number of halogens is 2. The maximum Gasteiger partial charge on any atom is 0.174 e. The van der Waals surface area contributed by atoms with Gasteiger partial charge in [0.2, 0.25) is 0 Å². The highest BCUT2D eigenvalue weighted by molar-refractivity contribution is 9.10. The van der Waals surface area contributed by atoms with Crippen LogP contribution < -0.4 is 10.1 Å². The number of benzene rings is 1. The molecule has 6 heteroatoms. The van der Waals surface area contributed by atoms with Crippen LogP contribution in [0.3, 0.4) is 0 Å². The fourth-order valence-electron chi connectivity index (χ4n) is 1.78. The first-order valence-electron chi connectivity index (χ1n) is 6.46. The van der Waals surface area contributed by atoms with Crippen LogP contribution in [0.15, 0.2) is 33.3 Å². The third-order valence-corrected chi connectivity index (χ3v) is 3.68. The van der Waals surface area contributed by atoms with E-state index in [1.54, 1.807) is 6.07 Å². The molecule has 1 fully saturated rings. The van der Waals surface area contributed by atoms with Gasteiger partial charge in [0.05, 0.1) is 10.2 Å². The van der Waals surface area contributed by atoms with E-state index in [9.17, 15) is 4.39 Å². The highest BCUT2D eigenvalue weighted by atomic mass is 79.9. The predicted molar refractivity (Wildman–Crippen MR) is 74.8 cm³/mol. The van der Waals surface area contributed by atoms with E-state index in [1.165, 1.54) is 25.0 Å². The van der Waals surface area contributed by atoms with Gasteiger partial charge in [0.25, 0.3) is 0 Å². The third-order valence-electron chi connectivity index (χ3n) is 3.02. The molecule has 3 rings (SSSR count). The first kappa shape index (κ1) is 13.6. The van der Waals surface area contributed by atoms with Crippen LogP contribution in [0.2, 0.25) is 0 Å². The molecule has 0 atom stereocenters. The van der Waals surface area contributed by atoms with Gasteiger partial charge in [0.15, 0.2) is 5.76 Å². The number of nitrogens with one attached hydrogen (secondary N) is 1. The standard InChI is InChI=1S/C14H14BrFN2O2/c15-13-4-1-9(16)5-14(13)19-8-12-6-11(18-20-12)7-17-10-2-3-10/h1,4-6,10,17H,2-3,7-8H2. The molecule has 0 spiro atoms. The Morgan fingerprint density at radius 1 is 1.40 bits per heavy atom. The molecule has 1 aliphatic carbocycles. The Morgan fingerprint density at radius 3 is 3.05 bits per heavy atom. The Kier molecular flexibility index (Phi) is 4.03. The van der Waals surface area contributed by atoms with Crippen LogP contribution >= 0.6 is 15.9 Å². The minimum absolute atomic E-state index is 0.221. The SMILES string of the molecule is Fc1ccc(Br)c(OCc2cc(CNC3CC3)no2)c1. The quantitative estimate of drug-likeness (QED) is 0.875. The summed E-state index contributed by atoms with van der Waals surface area (Å²) in [6.45, 7) is 0.927. The largest absolute Gasteiger partial charge is 0.484 e. The molecule has 1 aromatic heterocycles. The van der Waals surface area contributed by atoms with E-state index < -0.39 is 0 Å². The van der Waals surface area contributed by atoms with E-state index in [1.807, 2.05) is 6.07 Å². The molecule has 0 unspecified atom stereocenters. The van der Waals surface area contributed by atoms with Gasteiger partial charge in [-0.2, -0.15) is 0 Å². The van der Waals surface area contributed by atoms with E-state index in [0.717, 1.165) is 5.69 Å². The first-order valence-corrected chi connectivity index (χ1v) is 7.26. The van der Waals surface area contributed by atoms with E-state index in [4.69, 9.17) is 9.26 Å². The van der Waals surface area contributed by atoms with E-state index in [-0.39, 0.29) is 12.4 Å². The summed E-state index contributed by atoms with van der Waals surface area (Å²) in [7, 11) is 0. The maximum absolute atomic E-state index is 13.1. The smallest absolute Gasteiger partial charge is 0.174 e. The number of hydrogen-bond acceptors (Lipinski definition) is 4. The third kappa shape index (κ3) is 3.58. The monoisotopic (exact) mass is 340 g/mol. The Balaban J connectivity index is 1.55. The number of ether oxygens (including phenoxy) is 1. The van der Waals surface area contributed by atoms with Crippen molar-refractivity contribution in [2.24, 2.45) is 0 Å². The van der Waals surface area contributed by atoms with E-state index >= 15 is 0 Å². The molecule has 0 amide bonds. The zero-order valence-electron chi connectivity index (χ0n) is 10.7. The molecule has 0 saturated heterocycles. The molecule has 0 aliphatic heterocycles. The molecule has 20 heavy (non-hydrogen) atoms. The Morgan fingerprint density at radius 2 is 2.25 bits per heavy atom. The second-order valence-electron chi connectivity index (χ2n) is 4.80. The second-order valence-corrected chi connectivity index (χ2v) is 5.66. The van der Waals surface area contributed by atoms with Crippen molar-refractivity contribution < 1.29 is 13.7 Å². The fourth-order valence-corrected chi connectivity index (χ4v) is 2.14. The molecule has 4 nitrogen and oxygen atoms in total. The molecule has 1 saturated carbocycles. The lowest BCUT2D eigenvalue weighted by Crippen LogP contribution is -2.15.